The summed E-state index contributed by atoms with van der Waals surface area (Å²) in [6.45, 7) is 7.17. The largest absolute Gasteiger partial charge is 0.379 e. The maximum Gasteiger partial charge on any atom is 0.193 e. The highest BCUT2D eigenvalue weighted by Gasteiger charge is 2.24. The number of guanidine groups is 1. The van der Waals surface area contributed by atoms with E-state index in [0.717, 1.165) is 56.1 Å². The SMILES string of the molecule is CN=C(NCC(c1cccs1)N1CCOCC1)N(C)Cc1csc(C)n1. The zero-order valence-electron chi connectivity index (χ0n) is 15.6. The molecule has 1 N–H and O–H groups in total. The lowest BCUT2D eigenvalue weighted by Gasteiger charge is -2.35. The third-order valence-corrected chi connectivity index (χ3v) is 6.25. The first kappa shape index (κ1) is 19.3. The summed E-state index contributed by atoms with van der Waals surface area (Å²) < 4.78 is 5.52. The Balaban J connectivity index is 1.62. The number of aryl methyl sites for hydroxylation is 1. The summed E-state index contributed by atoms with van der Waals surface area (Å²) in [6, 6.07) is 4.68. The van der Waals surface area contributed by atoms with Crippen LogP contribution in [0.25, 0.3) is 0 Å². The van der Waals surface area contributed by atoms with Crippen molar-refractivity contribution in [3.05, 3.63) is 38.5 Å². The van der Waals surface area contributed by atoms with Gasteiger partial charge in [-0.15, -0.1) is 22.7 Å². The molecule has 0 spiro atoms. The average Bonchev–Trinajstić information content (AvgIpc) is 3.31. The third-order valence-electron chi connectivity index (χ3n) is 4.45. The first-order chi connectivity index (χ1) is 12.7. The molecular weight excluding hydrogens is 366 g/mol. The minimum atomic E-state index is 0.338. The Bertz CT molecular complexity index is 694. The van der Waals surface area contributed by atoms with Gasteiger partial charge in [0.05, 0.1) is 36.5 Å². The molecule has 142 valence electrons. The molecule has 0 amide bonds. The second kappa shape index (κ2) is 9.45. The number of nitrogens with one attached hydrogen (secondary N) is 1. The van der Waals surface area contributed by atoms with E-state index in [9.17, 15) is 0 Å². The summed E-state index contributed by atoms with van der Waals surface area (Å²) in [5.74, 6) is 0.894. The Kier molecular flexibility index (Phi) is 7.01. The lowest BCUT2D eigenvalue weighted by molar-refractivity contribution is 0.0176. The van der Waals surface area contributed by atoms with Crippen molar-refractivity contribution in [3.63, 3.8) is 0 Å². The van der Waals surface area contributed by atoms with Gasteiger partial charge in [0.1, 0.15) is 0 Å². The van der Waals surface area contributed by atoms with Gasteiger partial charge in [-0.1, -0.05) is 6.07 Å². The molecule has 0 saturated carbocycles. The van der Waals surface area contributed by atoms with E-state index in [1.165, 1.54) is 4.88 Å². The quantitative estimate of drug-likeness (QED) is 0.604. The molecule has 3 heterocycles. The first-order valence-electron chi connectivity index (χ1n) is 8.85. The van der Waals surface area contributed by atoms with E-state index < -0.39 is 0 Å². The van der Waals surface area contributed by atoms with Crippen molar-refractivity contribution in [2.24, 2.45) is 4.99 Å². The van der Waals surface area contributed by atoms with Crippen molar-refractivity contribution in [2.45, 2.75) is 19.5 Å². The molecule has 0 radical (unpaired) electrons. The van der Waals surface area contributed by atoms with Crippen molar-refractivity contribution < 1.29 is 4.74 Å². The van der Waals surface area contributed by atoms with Crippen LogP contribution in [-0.4, -0.2) is 67.7 Å². The standard InChI is InChI=1S/C18H27N5OS2/c1-14-21-15(13-26-14)12-22(3)18(19-2)20-11-16(17-5-4-10-25-17)23-6-8-24-9-7-23/h4-5,10,13,16H,6-9,11-12H2,1-3H3,(H,19,20). The number of nitrogens with zero attached hydrogens (tertiary/aromatic N) is 4. The maximum absolute atomic E-state index is 5.52. The Morgan fingerprint density at radius 2 is 2.23 bits per heavy atom. The zero-order valence-corrected chi connectivity index (χ0v) is 17.3. The number of aromatic nitrogens is 1. The number of hydrogen-bond donors (Lipinski definition) is 1. The summed E-state index contributed by atoms with van der Waals surface area (Å²) >= 11 is 3.50. The second-order valence-electron chi connectivity index (χ2n) is 6.32. The Labute approximate surface area is 163 Å². The topological polar surface area (TPSA) is 53.0 Å². The first-order valence-corrected chi connectivity index (χ1v) is 10.6. The van der Waals surface area contributed by atoms with Crippen molar-refractivity contribution in [1.29, 1.82) is 0 Å². The summed E-state index contributed by atoms with van der Waals surface area (Å²) in [6.07, 6.45) is 0. The van der Waals surface area contributed by atoms with Crippen LogP contribution < -0.4 is 5.32 Å². The summed E-state index contributed by atoms with van der Waals surface area (Å²) in [4.78, 5) is 15.0. The smallest absolute Gasteiger partial charge is 0.193 e. The van der Waals surface area contributed by atoms with Gasteiger partial charge < -0.3 is 15.0 Å². The Morgan fingerprint density at radius 3 is 2.85 bits per heavy atom. The molecule has 3 rings (SSSR count). The number of thiophene rings is 1. The molecule has 0 aromatic carbocycles. The molecule has 1 aliphatic rings. The molecule has 2 aromatic heterocycles. The number of aliphatic imine (C=N–C) groups is 1. The van der Waals surface area contributed by atoms with Gasteiger partial charge in [-0.2, -0.15) is 0 Å². The minimum absolute atomic E-state index is 0.338. The van der Waals surface area contributed by atoms with Crippen LogP contribution in [0.5, 0.6) is 0 Å². The van der Waals surface area contributed by atoms with Gasteiger partial charge in [-0.3, -0.25) is 9.89 Å². The molecule has 8 heteroatoms. The van der Waals surface area contributed by atoms with Crippen LogP contribution in [0.1, 0.15) is 21.6 Å². The van der Waals surface area contributed by atoms with Crippen molar-refractivity contribution >= 4 is 28.6 Å². The van der Waals surface area contributed by atoms with Crippen LogP contribution in [0.3, 0.4) is 0 Å². The lowest BCUT2D eigenvalue weighted by Crippen LogP contribution is -2.46. The number of morpholine rings is 1. The number of ether oxygens (including phenoxy) is 1. The average molecular weight is 394 g/mol. The Hall–Kier alpha value is -1.48. The summed E-state index contributed by atoms with van der Waals surface area (Å²) in [7, 11) is 3.89. The highest BCUT2D eigenvalue weighted by atomic mass is 32.1. The molecule has 0 aliphatic carbocycles. The number of hydrogen-bond acceptors (Lipinski definition) is 6. The van der Waals surface area contributed by atoms with E-state index in [0.29, 0.717) is 6.04 Å². The minimum Gasteiger partial charge on any atom is -0.379 e. The highest BCUT2D eigenvalue weighted by Crippen LogP contribution is 2.25. The zero-order chi connectivity index (χ0) is 18.4. The van der Waals surface area contributed by atoms with Crippen LogP contribution in [-0.2, 0) is 11.3 Å². The van der Waals surface area contributed by atoms with Crippen LogP contribution in [0.2, 0.25) is 0 Å². The van der Waals surface area contributed by atoms with Crippen molar-refractivity contribution in [1.82, 2.24) is 20.1 Å². The normalized spacial score (nSPS) is 17.3. The van der Waals surface area contributed by atoms with Crippen molar-refractivity contribution in [2.75, 3.05) is 46.9 Å². The Morgan fingerprint density at radius 1 is 1.42 bits per heavy atom. The van der Waals surface area contributed by atoms with E-state index in [4.69, 9.17) is 4.74 Å². The maximum atomic E-state index is 5.52. The predicted octanol–water partition coefficient (Wildman–Crippen LogP) is 2.59. The van der Waals surface area contributed by atoms with Gasteiger partial charge in [-0.25, -0.2) is 4.98 Å². The molecule has 1 atom stereocenters. The van der Waals surface area contributed by atoms with Gasteiger partial charge in [-0.05, 0) is 18.4 Å². The second-order valence-corrected chi connectivity index (χ2v) is 8.36. The predicted molar refractivity (Wildman–Crippen MR) is 109 cm³/mol. The molecule has 6 nitrogen and oxygen atoms in total. The van der Waals surface area contributed by atoms with Crippen LogP contribution in [0, 0.1) is 6.92 Å². The van der Waals surface area contributed by atoms with Crippen molar-refractivity contribution in [3.8, 4) is 0 Å². The molecule has 1 fully saturated rings. The highest BCUT2D eigenvalue weighted by molar-refractivity contribution is 7.10. The fourth-order valence-corrected chi connectivity index (χ4v) is 4.62. The summed E-state index contributed by atoms with van der Waals surface area (Å²) in [5.41, 5.74) is 1.08. The van der Waals surface area contributed by atoms with Gasteiger partial charge in [0, 0.05) is 44.0 Å². The van der Waals surface area contributed by atoms with E-state index >= 15 is 0 Å². The van der Waals surface area contributed by atoms with Gasteiger partial charge in [0.15, 0.2) is 5.96 Å². The summed E-state index contributed by atoms with van der Waals surface area (Å²) in [5, 5.41) is 8.92. The third kappa shape index (κ3) is 5.03. The fraction of sp³-hybridized carbons (Fsp3) is 0.556. The van der Waals surface area contributed by atoms with E-state index in [1.807, 2.05) is 25.3 Å². The van der Waals surface area contributed by atoms with Gasteiger partial charge in [0.2, 0.25) is 0 Å². The molecular formula is C18H27N5OS2. The van der Waals surface area contributed by atoms with Crippen LogP contribution in [0.15, 0.2) is 27.9 Å². The van der Waals surface area contributed by atoms with Gasteiger partial charge >= 0.3 is 0 Å². The lowest BCUT2D eigenvalue weighted by atomic mass is 10.2. The number of rotatable bonds is 6. The van der Waals surface area contributed by atoms with E-state index in [2.05, 4.69) is 55.0 Å². The molecule has 26 heavy (non-hydrogen) atoms. The monoisotopic (exact) mass is 393 g/mol. The van der Waals surface area contributed by atoms with Gasteiger partial charge in [0.25, 0.3) is 0 Å². The molecule has 1 aliphatic heterocycles. The molecule has 1 unspecified atom stereocenters. The molecule has 1 saturated heterocycles. The fourth-order valence-electron chi connectivity index (χ4n) is 3.15. The molecule has 0 bridgehead atoms. The van der Waals surface area contributed by atoms with E-state index in [1.54, 1.807) is 11.3 Å². The van der Waals surface area contributed by atoms with E-state index in [-0.39, 0.29) is 0 Å². The van der Waals surface area contributed by atoms with Crippen LogP contribution >= 0.6 is 22.7 Å². The van der Waals surface area contributed by atoms with Crippen LogP contribution in [0.4, 0.5) is 0 Å². The number of thiazole rings is 1. The molecule has 2 aromatic rings.